The number of carboxylic acids is 1. The van der Waals surface area contributed by atoms with Crippen LogP contribution >= 0.6 is 0 Å². The average Bonchev–Trinajstić information content (AvgIpc) is 2.26. The average molecular weight is 251 g/mol. The van der Waals surface area contributed by atoms with E-state index in [0.29, 0.717) is 10.8 Å². The van der Waals surface area contributed by atoms with Gasteiger partial charge in [0.2, 0.25) is 10.0 Å². The van der Waals surface area contributed by atoms with Crippen LogP contribution in [0.25, 0.3) is 10.8 Å². The zero-order valence-electron chi connectivity index (χ0n) is 8.62. The van der Waals surface area contributed by atoms with Crippen LogP contribution in [0.1, 0.15) is 10.4 Å². The predicted octanol–water partition coefficient (Wildman–Crippen LogP) is 1.19. The molecule has 5 nitrogen and oxygen atoms in total. The fourth-order valence-electron chi connectivity index (χ4n) is 1.71. The minimum atomic E-state index is -4.05. The number of carbonyl (C=O) groups is 1. The molecule has 0 aliphatic carbocycles. The van der Waals surface area contributed by atoms with E-state index in [2.05, 4.69) is 0 Å². The van der Waals surface area contributed by atoms with Crippen molar-refractivity contribution in [2.24, 2.45) is 5.14 Å². The van der Waals surface area contributed by atoms with Gasteiger partial charge in [-0.05, 0) is 16.8 Å². The third kappa shape index (κ3) is 2.00. The van der Waals surface area contributed by atoms with Gasteiger partial charge in [0.1, 0.15) is 0 Å². The number of benzene rings is 2. The van der Waals surface area contributed by atoms with E-state index in [-0.39, 0.29) is 10.5 Å². The highest BCUT2D eigenvalue weighted by Gasteiger charge is 2.21. The minimum Gasteiger partial charge on any atom is -0.478 e. The summed E-state index contributed by atoms with van der Waals surface area (Å²) in [5.74, 6) is -1.31. The summed E-state index contributed by atoms with van der Waals surface area (Å²) in [6.07, 6.45) is 0. The van der Waals surface area contributed by atoms with Crippen LogP contribution in [-0.2, 0) is 10.0 Å². The van der Waals surface area contributed by atoms with Crippen LogP contribution in [0, 0.1) is 0 Å². The Morgan fingerprint density at radius 2 is 1.76 bits per heavy atom. The Balaban J connectivity index is 2.98. The van der Waals surface area contributed by atoms with Crippen LogP contribution in [-0.4, -0.2) is 19.5 Å². The van der Waals surface area contributed by atoms with Gasteiger partial charge in [0.05, 0.1) is 10.5 Å². The van der Waals surface area contributed by atoms with Gasteiger partial charge < -0.3 is 5.11 Å². The second-order valence-corrected chi connectivity index (χ2v) is 5.04. The monoisotopic (exact) mass is 251 g/mol. The van der Waals surface area contributed by atoms with Crippen LogP contribution in [0.5, 0.6) is 0 Å². The summed E-state index contributed by atoms with van der Waals surface area (Å²) in [6.45, 7) is 0. The van der Waals surface area contributed by atoms with Crippen molar-refractivity contribution >= 4 is 26.8 Å². The van der Waals surface area contributed by atoms with Gasteiger partial charge in [-0.2, -0.15) is 0 Å². The van der Waals surface area contributed by atoms with Gasteiger partial charge in [0, 0.05) is 0 Å². The Hall–Kier alpha value is -1.92. The Morgan fingerprint density at radius 1 is 1.12 bits per heavy atom. The highest BCUT2D eigenvalue weighted by molar-refractivity contribution is 7.89. The summed E-state index contributed by atoms with van der Waals surface area (Å²) in [6, 6.07) is 9.37. The number of aromatic carboxylic acids is 1. The van der Waals surface area contributed by atoms with Crippen LogP contribution in [0.3, 0.4) is 0 Å². The largest absolute Gasteiger partial charge is 0.478 e. The maximum atomic E-state index is 11.3. The van der Waals surface area contributed by atoms with E-state index in [1.807, 2.05) is 0 Å². The van der Waals surface area contributed by atoms with Crippen molar-refractivity contribution in [3.8, 4) is 0 Å². The standard InChI is InChI=1S/C11H9NO4S/c12-17(15,16)9-6-5-7-3-1-2-4-8(7)10(9)11(13)14/h1-6H,(H,13,14)(H2,12,15,16). The highest BCUT2D eigenvalue weighted by atomic mass is 32.2. The molecule has 0 saturated heterocycles. The van der Waals surface area contributed by atoms with Gasteiger partial charge in [0.25, 0.3) is 0 Å². The van der Waals surface area contributed by atoms with E-state index in [0.717, 1.165) is 0 Å². The van der Waals surface area contributed by atoms with Crippen LogP contribution < -0.4 is 5.14 Å². The van der Waals surface area contributed by atoms with Crippen molar-refractivity contribution in [2.75, 3.05) is 0 Å². The molecule has 0 heterocycles. The van der Waals surface area contributed by atoms with Gasteiger partial charge in [0.15, 0.2) is 0 Å². The van der Waals surface area contributed by atoms with Crippen molar-refractivity contribution in [1.82, 2.24) is 0 Å². The Morgan fingerprint density at radius 3 is 2.35 bits per heavy atom. The van der Waals surface area contributed by atoms with E-state index < -0.39 is 16.0 Å². The van der Waals surface area contributed by atoms with Crippen LogP contribution in [0.15, 0.2) is 41.3 Å². The van der Waals surface area contributed by atoms with E-state index in [9.17, 15) is 13.2 Å². The van der Waals surface area contributed by atoms with Crippen LogP contribution in [0.2, 0.25) is 0 Å². The van der Waals surface area contributed by atoms with Gasteiger partial charge in [-0.25, -0.2) is 18.4 Å². The predicted molar refractivity (Wildman–Crippen MR) is 62.3 cm³/mol. The van der Waals surface area contributed by atoms with Crippen molar-refractivity contribution in [2.45, 2.75) is 4.90 Å². The lowest BCUT2D eigenvalue weighted by Gasteiger charge is -2.07. The second kappa shape index (κ2) is 3.83. The number of primary sulfonamides is 1. The van der Waals surface area contributed by atoms with E-state index in [1.54, 1.807) is 24.3 Å². The Labute approximate surface area is 97.5 Å². The van der Waals surface area contributed by atoms with E-state index in [4.69, 9.17) is 10.2 Å². The Kier molecular flexibility index (Phi) is 2.60. The quantitative estimate of drug-likeness (QED) is 0.837. The number of hydrogen-bond acceptors (Lipinski definition) is 3. The molecule has 88 valence electrons. The molecule has 0 aromatic heterocycles. The molecule has 0 aliphatic rings. The van der Waals surface area contributed by atoms with Crippen LogP contribution in [0.4, 0.5) is 0 Å². The molecule has 0 unspecified atom stereocenters. The van der Waals surface area contributed by atoms with Crippen molar-refractivity contribution in [1.29, 1.82) is 0 Å². The Bertz CT molecular complexity index is 706. The number of nitrogens with two attached hydrogens (primary N) is 1. The maximum absolute atomic E-state index is 11.3. The summed E-state index contributed by atoms with van der Waals surface area (Å²) in [5, 5.41) is 15.1. The molecule has 0 spiro atoms. The molecule has 2 aromatic carbocycles. The van der Waals surface area contributed by atoms with Gasteiger partial charge >= 0.3 is 5.97 Å². The smallest absolute Gasteiger partial charge is 0.337 e. The summed E-state index contributed by atoms with van der Waals surface area (Å²) >= 11 is 0. The van der Waals surface area contributed by atoms with E-state index in [1.165, 1.54) is 12.1 Å². The molecule has 0 aliphatic heterocycles. The molecule has 0 bridgehead atoms. The lowest BCUT2D eigenvalue weighted by atomic mass is 10.0. The molecule has 0 saturated carbocycles. The van der Waals surface area contributed by atoms with Crippen molar-refractivity contribution < 1.29 is 18.3 Å². The molecule has 0 amide bonds. The lowest BCUT2D eigenvalue weighted by molar-refractivity contribution is 0.0695. The summed E-state index contributed by atoms with van der Waals surface area (Å²) in [5.41, 5.74) is -0.286. The fourth-order valence-corrected chi connectivity index (χ4v) is 2.45. The fraction of sp³-hybridized carbons (Fsp3) is 0. The zero-order chi connectivity index (χ0) is 12.6. The van der Waals surface area contributed by atoms with Gasteiger partial charge in [-0.1, -0.05) is 30.3 Å². The molecule has 17 heavy (non-hydrogen) atoms. The third-order valence-corrected chi connectivity index (χ3v) is 3.36. The highest BCUT2D eigenvalue weighted by Crippen LogP contribution is 2.24. The molecule has 6 heteroatoms. The first-order chi connectivity index (χ1) is 7.91. The topological polar surface area (TPSA) is 97.5 Å². The number of hydrogen-bond donors (Lipinski definition) is 2. The number of fused-ring (bicyclic) bond motifs is 1. The SMILES string of the molecule is NS(=O)(=O)c1ccc2ccccc2c1C(=O)O. The number of sulfonamides is 1. The number of carboxylic acid groups (broad SMARTS) is 1. The molecule has 2 rings (SSSR count). The molecule has 0 atom stereocenters. The molecule has 0 fully saturated rings. The first kappa shape index (κ1) is 11.6. The van der Waals surface area contributed by atoms with Gasteiger partial charge in [-0.15, -0.1) is 0 Å². The van der Waals surface area contributed by atoms with E-state index >= 15 is 0 Å². The third-order valence-electron chi connectivity index (χ3n) is 2.41. The first-order valence-electron chi connectivity index (χ1n) is 4.69. The minimum absolute atomic E-state index is 0.286. The van der Waals surface area contributed by atoms with Crippen molar-refractivity contribution in [3.05, 3.63) is 42.0 Å². The first-order valence-corrected chi connectivity index (χ1v) is 6.24. The molecule has 0 radical (unpaired) electrons. The molecule has 2 aromatic rings. The second-order valence-electron chi connectivity index (χ2n) is 3.51. The number of rotatable bonds is 2. The maximum Gasteiger partial charge on any atom is 0.337 e. The summed E-state index contributed by atoms with van der Waals surface area (Å²) < 4.78 is 22.6. The summed E-state index contributed by atoms with van der Waals surface area (Å²) in [4.78, 5) is 10.8. The molecule has 3 N–H and O–H groups in total. The molecular formula is C11H9NO4S. The summed E-state index contributed by atoms with van der Waals surface area (Å²) in [7, 11) is -4.05. The van der Waals surface area contributed by atoms with Crippen molar-refractivity contribution in [3.63, 3.8) is 0 Å². The van der Waals surface area contributed by atoms with Gasteiger partial charge in [-0.3, -0.25) is 0 Å². The molecular weight excluding hydrogens is 242 g/mol. The normalized spacial score (nSPS) is 11.6. The zero-order valence-corrected chi connectivity index (χ0v) is 9.44. The lowest BCUT2D eigenvalue weighted by Crippen LogP contribution is -2.17.